The molecule has 2 N–H and O–H groups in total. The van der Waals surface area contributed by atoms with E-state index in [1.165, 1.54) is 37.9 Å². The molecule has 1 aromatic rings. The van der Waals surface area contributed by atoms with Gasteiger partial charge in [0.05, 0.1) is 0 Å². The molecule has 1 aromatic carbocycles. The van der Waals surface area contributed by atoms with E-state index in [4.69, 9.17) is 5.73 Å². The Morgan fingerprint density at radius 2 is 1.85 bits per heavy atom. The Hall–Kier alpha value is -0.380. The predicted octanol–water partition coefficient (Wildman–Crippen LogP) is 4.35. The molecular formula is C17H27BrN2. The smallest absolute Gasteiger partial charge is 0.0496 e. The Kier molecular flexibility index (Phi) is 5.27. The second-order valence-electron chi connectivity index (χ2n) is 6.28. The summed E-state index contributed by atoms with van der Waals surface area (Å²) in [5.41, 5.74) is 8.15. The monoisotopic (exact) mass is 338 g/mol. The molecule has 112 valence electrons. The van der Waals surface area contributed by atoms with Crippen LogP contribution in [0, 0.1) is 5.41 Å². The van der Waals surface area contributed by atoms with Gasteiger partial charge in [-0.1, -0.05) is 41.9 Å². The van der Waals surface area contributed by atoms with Crippen molar-refractivity contribution in [1.29, 1.82) is 0 Å². The fraction of sp³-hybridized carbons (Fsp3) is 0.647. The molecule has 0 spiro atoms. The molecule has 2 nitrogen and oxygen atoms in total. The van der Waals surface area contributed by atoms with E-state index in [-0.39, 0.29) is 6.04 Å². The van der Waals surface area contributed by atoms with E-state index in [2.05, 4.69) is 65.9 Å². The van der Waals surface area contributed by atoms with E-state index in [0.29, 0.717) is 11.5 Å². The summed E-state index contributed by atoms with van der Waals surface area (Å²) >= 11 is 3.51. The van der Waals surface area contributed by atoms with E-state index in [1.54, 1.807) is 0 Å². The van der Waals surface area contributed by atoms with Gasteiger partial charge in [0, 0.05) is 23.1 Å². The van der Waals surface area contributed by atoms with Crippen molar-refractivity contribution in [1.82, 2.24) is 4.90 Å². The van der Waals surface area contributed by atoms with Gasteiger partial charge in [-0.3, -0.25) is 4.90 Å². The highest BCUT2D eigenvalue weighted by Gasteiger charge is 2.39. The third-order valence-corrected chi connectivity index (χ3v) is 5.60. The predicted molar refractivity (Wildman–Crippen MR) is 89.7 cm³/mol. The number of halogens is 1. The minimum absolute atomic E-state index is 0.153. The van der Waals surface area contributed by atoms with E-state index in [0.717, 1.165) is 4.47 Å². The molecule has 2 atom stereocenters. The molecule has 0 aromatic heterocycles. The summed E-state index contributed by atoms with van der Waals surface area (Å²) in [6.07, 6.45) is 3.85. The standard InChI is InChI=1S/C17H27BrN2/c1-4-17(5-2)10-11-20(12-17)16(13(3)19)14-6-8-15(18)9-7-14/h6-9,13,16H,4-5,10-12,19H2,1-3H3. The first kappa shape index (κ1) is 16.0. The van der Waals surface area contributed by atoms with Crippen LogP contribution in [0.2, 0.25) is 0 Å². The van der Waals surface area contributed by atoms with Crippen molar-refractivity contribution >= 4 is 15.9 Å². The highest BCUT2D eigenvalue weighted by Crippen LogP contribution is 2.41. The SMILES string of the molecule is CCC1(CC)CCN(C(c2ccc(Br)cc2)C(C)N)C1. The zero-order valence-corrected chi connectivity index (χ0v) is 14.5. The minimum atomic E-state index is 0.153. The van der Waals surface area contributed by atoms with Gasteiger partial charge in [0.15, 0.2) is 0 Å². The van der Waals surface area contributed by atoms with Crippen LogP contribution in [0.15, 0.2) is 28.7 Å². The molecule has 1 fully saturated rings. The fourth-order valence-electron chi connectivity index (χ4n) is 3.54. The lowest BCUT2D eigenvalue weighted by Gasteiger charge is -2.34. The molecule has 0 radical (unpaired) electrons. The molecule has 1 aliphatic rings. The molecule has 2 unspecified atom stereocenters. The van der Waals surface area contributed by atoms with Crippen molar-refractivity contribution in [2.24, 2.45) is 11.1 Å². The zero-order valence-electron chi connectivity index (χ0n) is 12.9. The largest absolute Gasteiger partial charge is 0.326 e. The lowest BCUT2D eigenvalue weighted by Crippen LogP contribution is -2.39. The number of hydrogen-bond donors (Lipinski definition) is 1. The lowest BCUT2D eigenvalue weighted by molar-refractivity contribution is 0.178. The van der Waals surface area contributed by atoms with Crippen LogP contribution in [-0.4, -0.2) is 24.0 Å². The van der Waals surface area contributed by atoms with Gasteiger partial charge in [0.2, 0.25) is 0 Å². The van der Waals surface area contributed by atoms with Crippen LogP contribution in [0.25, 0.3) is 0 Å². The molecule has 3 heteroatoms. The normalized spacial score (nSPS) is 21.9. The molecule has 1 heterocycles. The highest BCUT2D eigenvalue weighted by atomic mass is 79.9. The first-order chi connectivity index (χ1) is 9.51. The quantitative estimate of drug-likeness (QED) is 0.864. The molecule has 2 rings (SSSR count). The molecule has 0 saturated carbocycles. The Morgan fingerprint density at radius 3 is 2.30 bits per heavy atom. The number of benzene rings is 1. The average molecular weight is 339 g/mol. The van der Waals surface area contributed by atoms with Crippen molar-refractivity contribution in [3.63, 3.8) is 0 Å². The van der Waals surface area contributed by atoms with Gasteiger partial charge in [-0.15, -0.1) is 0 Å². The van der Waals surface area contributed by atoms with Crippen LogP contribution < -0.4 is 5.73 Å². The maximum atomic E-state index is 6.30. The number of nitrogens with two attached hydrogens (primary N) is 1. The molecule has 0 amide bonds. The van der Waals surface area contributed by atoms with Crippen LogP contribution in [0.5, 0.6) is 0 Å². The second kappa shape index (κ2) is 6.59. The topological polar surface area (TPSA) is 29.3 Å². The summed E-state index contributed by atoms with van der Waals surface area (Å²) in [7, 11) is 0. The summed E-state index contributed by atoms with van der Waals surface area (Å²) in [5, 5.41) is 0. The Bertz CT molecular complexity index is 423. The average Bonchev–Trinajstić information content (AvgIpc) is 2.86. The van der Waals surface area contributed by atoms with E-state index >= 15 is 0 Å². The molecular weight excluding hydrogens is 312 g/mol. The van der Waals surface area contributed by atoms with Gasteiger partial charge >= 0.3 is 0 Å². The van der Waals surface area contributed by atoms with Gasteiger partial charge in [-0.2, -0.15) is 0 Å². The summed E-state index contributed by atoms with van der Waals surface area (Å²) in [6.45, 7) is 9.14. The van der Waals surface area contributed by atoms with Crippen molar-refractivity contribution in [3.8, 4) is 0 Å². The number of likely N-dealkylation sites (tertiary alicyclic amines) is 1. The number of hydrogen-bond acceptors (Lipinski definition) is 2. The van der Waals surface area contributed by atoms with Crippen LogP contribution in [-0.2, 0) is 0 Å². The highest BCUT2D eigenvalue weighted by molar-refractivity contribution is 9.10. The summed E-state index contributed by atoms with van der Waals surface area (Å²) in [4.78, 5) is 2.60. The van der Waals surface area contributed by atoms with Crippen molar-refractivity contribution < 1.29 is 0 Å². The zero-order chi connectivity index (χ0) is 14.8. The Balaban J connectivity index is 2.20. The third-order valence-electron chi connectivity index (χ3n) is 5.07. The minimum Gasteiger partial charge on any atom is -0.326 e. The molecule has 0 bridgehead atoms. The third kappa shape index (κ3) is 3.26. The van der Waals surface area contributed by atoms with Crippen molar-refractivity contribution in [3.05, 3.63) is 34.3 Å². The molecule has 1 saturated heterocycles. The van der Waals surface area contributed by atoms with Gasteiger partial charge < -0.3 is 5.73 Å². The Labute approximate surface area is 131 Å². The van der Waals surface area contributed by atoms with Gasteiger partial charge in [-0.25, -0.2) is 0 Å². The van der Waals surface area contributed by atoms with Crippen LogP contribution in [0.3, 0.4) is 0 Å². The van der Waals surface area contributed by atoms with Gasteiger partial charge in [0.25, 0.3) is 0 Å². The van der Waals surface area contributed by atoms with E-state index in [9.17, 15) is 0 Å². The maximum absolute atomic E-state index is 6.30. The molecule has 20 heavy (non-hydrogen) atoms. The van der Waals surface area contributed by atoms with Crippen LogP contribution in [0.4, 0.5) is 0 Å². The Morgan fingerprint density at radius 1 is 1.25 bits per heavy atom. The van der Waals surface area contributed by atoms with E-state index < -0.39 is 0 Å². The van der Waals surface area contributed by atoms with Crippen LogP contribution in [0.1, 0.15) is 51.6 Å². The molecule has 0 aliphatic carbocycles. The molecule has 1 aliphatic heterocycles. The van der Waals surface area contributed by atoms with E-state index in [1.807, 2.05) is 0 Å². The summed E-state index contributed by atoms with van der Waals surface area (Å²) < 4.78 is 1.13. The first-order valence-electron chi connectivity index (χ1n) is 7.76. The van der Waals surface area contributed by atoms with Crippen LogP contribution >= 0.6 is 15.9 Å². The van der Waals surface area contributed by atoms with Gasteiger partial charge in [0.1, 0.15) is 0 Å². The van der Waals surface area contributed by atoms with Crippen molar-refractivity contribution in [2.45, 2.75) is 52.1 Å². The first-order valence-corrected chi connectivity index (χ1v) is 8.56. The number of rotatable bonds is 5. The summed E-state index contributed by atoms with van der Waals surface area (Å²) in [6, 6.07) is 9.14. The van der Waals surface area contributed by atoms with Crippen molar-refractivity contribution in [2.75, 3.05) is 13.1 Å². The maximum Gasteiger partial charge on any atom is 0.0496 e. The van der Waals surface area contributed by atoms with Gasteiger partial charge in [-0.05, 0) is 55.8 Å². The second-order valence-corrected chi connectivity index (χ2v) is 7.20. The lowest BCUT2D eigenvalue weighted by atomic mass is 9.82. The number of nitrogens with zero attached hydrogens (tertiary/aromatic N) is 1. The summed E-state index contributed by atoms with van der Waals surface area (Å²) in [5.74, 6) is 0. The fourth-order valence-corrected chi connectivity index (χ4v) is 3.81.